The van der Waals surface area contributed by atoms with E-state index >= 15 is 0 Å². The van der Waals surface area contributed by atoms with Crippen LogP contribution in [-0.4, -0.2) is 36.5 Å². The summed E-state index contributed by atoms with van der Waals surface area (Å²) in [7, 11) is 1.35. The molecule has 0 aliphatic rings. The lowest BCUT2D eigenvalue weighted by Crippen LogP contribution is -2.42. The summed E-state index contributed by atoms with van der Waals surface area (Å²) in [4.78, 5) is 25.6. The average molecular weight is 346 g/mol. The van der Waals surface area contributed by atoms with Crippen LogP contribution in [0.15, 0.2) is 21.2 Å². The molecule has 0 radical (unpaired) electrons. The Morgan fingerprint density at radius 3 is 2.50 bits per heavy atom. The second kappa shape index (κ2) is 7.47. The number of esters is 1. The van der Waals surface area contributed by atoms with Gasteiger partial charge in [0.25, 0.3) is 5.91 Å². The topological polar surface area (TPSA) is 59.8 Å². The number of furan rings is 1. The SMILES string of the molecule is CCC(C)N(CC(C)C(=O)OC)C(=O)c1ccc(Br)o1. The Hall–Kier alpha value is -1.30. The maximum atomic E-state index is 12.5. The van der Waals surface area contributed by atoms with Crippen LogP contribution in [0.2, 0.25) is 0 Å². The highest BCUT2D eigenvalue weighted by atomic mass is 79.9. The third-order valence-corrected chi connectivity index (χ3v) is 3.67. The average Bonchev–Trinajstić information content (AvgIpc) is 2.88. The van der Waals surface area contributed by atoms with Crippen LogP contribution in [0.1, 0.15) is 37.7 Å². The molecular weight excluding hydrogens is 326 g/mol. The van der Waals surface area contributed by atoms with Gasteiger partial charge < -0.3 is 14.1 Å². The molecule has 1 amide bonds. The molecule has 0 spiro atoms. The normalized spacial score (nSPS) is 13.7. The summed E-state index contributed by atoms with van der Waals surface area (Å²) >= 11 is 3.18. The Morgan fingerprint density at radius 2 is 2.05 bits per heavy atom. The number of rotatable bonds is 6. The lowest BCUT2D eigenvalue weighted by molar-refractivity contribution is -0.145. The molecule has 1 aromatic heterocycles. The molecule has 0 N–H and O–H groups in total. The molecule has 2 atom stereocenters. The Balaban J connectivity index is 2.89. The van der Waals surface area contributed by atoms with E-state index in [9.17, 15) is 9.59 Å². The zero-order valence-electron chi connectivity index (χ0n) is 12.2. The van der Waals surface area contributed by atoms with Crippen LogP contribution in [0.3, 0.4) is 0 Å². The van der Waals surface area contributed by atoms with E-state index in [2.05, 4.69) is 15.9 Å². The van der Waals surface area contributed by atoms with Crippen molar-refractivity contribution in [1.29, 1.82) is 0 Å². The van der Waals surface area contributed by atoms with Crippen molar-refractivity contribution in [2.45, 2.75) is 33.2 Å². The Labute approximate surface area is 127 Å². The standard InChI is InChI=1S/C14H20BrNO4/c1-5-10(3)16(8-9(2)14(18)19-4)13(17)11-6-7-12(15)20-11/h6-7,9-10H,5,8H2,1-4H3. The second-order valence-corrected chi connectivity index (χ2v) is 5.52. The van der Waals surface area contributed by atoms with Crippen molar-refractivity contribution < 1.29 is 18.7 Å². The maximum absolute atomic E-state index is 12.5. The van der Waals surface area contributed by atoms with E-state index in [0.717, 1.165) is 6.42 Å². The van der Waals surface area contributed by atoms with Gasteiger partial charge in [-0.1, -0.05) is 13.8 Å². The van der Waals surface area contributed by atoms with E-state index in [-0.39, 0.29) is 29.6 Å². The number of carbonyl (C=O) groups is 2. The number of hydrogen-bond acceptors (Lipinski definition) is 4. The minimum atomic E-state index is -0.378. The van der Waals surface area contributed by atoms with Gasteiger partial charge in [0, 0.05) is 12.6 Å². The first kappa shape index (κ1) is 16.8. The Morgan fingerprint density at radius 1 is 1.40 bits per heavy atom. The fourth-order valence-corrected chi connectivity index (χ4v) is 2.13. The summed E-state index contributed by atoms with van der Waals surface area (Å²) in [6.07, 6.45) is 0.793. The highest BCUT2D eigenvalue weighted by Gasteiger charge is 2.27. The molecule has 20 heavy (non-hydrogen) atoms. The molecule has 0 saturated heterocycles. The highest BCUT2D eigenvalue weighted by Crippen LogP contribution is 2.19. The van der Waals surface area contributed by atoms with Gasteiger partial charge in [0.1, 0.15) is 0 Å². The summed E-state index contributed by atoms with van der Waals surface area (Å²) in [6, 6.07) is 3.30. The first-order chi connectivity index (χ1) is 9.40. The molecule has 0 bridgehead atoms. The van der Waals surface area contributed by atoms with Gasteiger partial charge in [-0.3, -0.25) is 9.59 Å². The smallest absolute Gasteiger partial charge is 0.310 e. The fourth-order valence-electron chi connectivity index (χ4n) is 1.82. The van der Waals surface area contributed by atoms with Crippen LogP contribution in [0.5, 0.6) is 0 Å². The van der Waals surface area contributed by atoms with Crippen LogP contribution in [-0.2, 0) is 9.53 Å². The number of hydrogen-bond donors (Lipinski definition) is 0. The molecule has 112 valence electrons. The minimum Gasteiger partial charge on any atom is -0.469 e. The summed E-state index contributed by atoms with van der Waals surface area (Å²) < 4.78 is 10.5. The molecule has 0 saturated carbocycles. The van der Waals surface area contributed by atoms with E-state index in [1.54, 1.807) is 24.0 Å². The molecule has 5 nitrogen and oxygen atoms in total. The van der Waals surface area contributed by atoms with Crippen molar-refractivity contribution in [3.05, 3.63) is 22.6 Å². The molecule has 1 heterocycles. The number of nitrogens with zero attached hydrogens (tertiary/aromatic N) is 1. The molecule has 0 fully saturated rings. The fraction of sp³-hybridized carbons (Fsp3) is 0.571. The van der Waals surface area contributed by atoms with Crippen molar-refractivity contribution in [3.8, 4) is 0 Å². The molecule has 0 aliphatic heterocycles. The van der Waals surface area contributed by atoms with Gasteiger partial charge in [-0.15, -0.1) is 0 Å². The molecular formula is C14H20BrNO4. The van der Waals surface area contributed by atoms with Gasteiger partial charge in [-0.25, -0.2) is 0 Å². The van der Waals surface area contributed by atoms with Crippen molar-refractivity contribution in [1.82, 2.24) is 4.90 Å². The van der Waals surface area contributed by atoms with E-state index in [1.165, 1.54) is 7.11 Å². The Bertz CT molecular complexity index is 471. The molecule has 1 aromatic rings. The zero-order chi connectivity index (χ0) is 15.3. The predicted molar refractivity (Wildman–Crippen MR) is 78.4 cm³/mol. The third-order valence-electron chi connectivity index (χ3n) is 3.24. The van der Waals surface area contributed by atoms with Crippen LogP contribution < -0.4 is 0 Å². The summed E-state index contributed by atoms with van der Waals surface area (Å²) in [5.74, 6) is -0.668. The van der Waals surface area contributed by atoms with Crippen molar-refractivity contribution in [3.63, 3.8) is 0 Å². The van der Waals surface area contributed by atoms with E-state index < -0.39 is 0 Å². The predicted octanol–water partition coefficient (Wildman–Crippen LogP) is 3.09. The highest BCUT2D eigenvalue weighted by molar-refractivity contribution is 9.10. The van der Waals surface area contributed by atoms with E-state index in [0.29, 0.717) is 11.2 Å². The third kappa shape index (κ3) is 4.10. The van der Waals surface area contributed by atoms with Crippen LogP contribution >= 0.6 is 15.9 Å². The molecule has 2 unspecified atom stereocenters. The first-order valence-corrected chi connectivity index (χ1v) is 7.34. The molecule has 6 heteroatoms. The van der Waals surface area contributed by atoms with Gasteiger partial charge in [0.05, 0.1) is 13.0 Å². The quantitative estimate of drug-likeness (QED) is 0.743. The lowest BCUT2D eigenvalue weighted by atomic mass is 10.1. The van der Waals surface area contributed by atoms with Gasteiger partial charge >= 0.3 is 5.97 Å². The number of halogens is 1. The number of ether oxygens (including phenoxy) is 1. The largest absolute Gasteiger partial charge is 0.469 e. The minimum absolute atomic E-state index is 0.0125. The monoisotopic (exact) mass is 345 g/mol. The molecule has 1 rings (SSSR count). The van der Waals surface area contributed by atoms with Crippen molar-refractivity contribution >= 4 is 27.8 Å². The molecule has 0 aliphatic carbocycles. The van der Waals surface area contributed by atoms with Crippen molar-refractivity contribution in [2.75, 3.05) is 13.7 Å². The number of amides is 1. The number of methoxy groups -OCH3 is 1. The van der Waals surface area contributed by atoms with Gasteiger partial charge in [0.2, 0.25) is 0 Å². The van der Waals surface area contributed by atoms with Crippen LogP contribution in [0.25, 0.3) is 0 Å². The van der Waals surface area contributed by atoms with E-state index in [4.69, 9.17) is 9.15 Å². The summed E-state index contributed by atoms with van der Waals surface area (Å²) in [6.45, 7) is 5.98. The van der Waals surface area contributed by atoms with Crippen molar-refractivity contribution in [2.24, 2.45) is 5.92 Å². The summed E-state index contributed by atoms with van der Waals surface area (Å²) in [5.41, 5.74) is 0. The van der Waals surface area contributed by atoms with Gasteiger partial charge in [0.15, 0.2) is 10.4 Å². The van der Waals surface area contributed by atoms with Gasteiger partial charge in [-0.2, -0.15) is 0 Å². The second-order valence-electron chi connectivity index (χ2n) is 4.74. The molecule has 0 aromatic carbocycles. The van der Waals surface area contributed by atoms with E-state index in [1.807, 2.05) is 13.8 Å². The lowest BCUT2D eigenvalue weighted by Gasteiger charge is -2.29. The van der Waals surface area contributed by atoms with Gasteiger partial charge in [-0.05, 0) is 41.4 Å². The number of carbonyl (C=O) groups excluding carboxylic acids is 2. The van der Waals surface area contributed by atoms with Crippen LogP contribution in [0, 0.1) is 5.92 Å². The first-order valence-electron chi connectivity index (χ1n) is 6.54. The Kier molecular flexibility index (Phi) is 6.26. The summed E-state index contributed by atoms with van der Waals surface area (Å²) in [5, 5.41) is 0. The maximum Gasteiger partial charge on any atom is 0.310 e. The zero-order valence-corrected chi connectivity index (χ0v) is 13.8. The van der Waals surface area contributed by atoms with Crippen LogP contribution in [0.4, 0.5) is 0 Å².